The SMILES string of the molecule is Oc1ccc2c(C#Cc3cc(-c4c[nH]c5cc(O)ccc45)cc(-c4c[nH]c5cc(O)ccc45)c3)c[nH]c2c1. The van der Waals surface area contributed by atoms with E-state index in [1.54, 1.807) is 36.4 Å². The van der Waals surface area contributed by atoms with Gasteiger partial charge in [-0.3, -0.25) is 0 Å². The molecule has 0 amide bonds. The predicted octanol–water partition coefficient (Wildman–Crippen LogP) is 6.98. The van der Waals surface area contributed by atoms with E-state index in [-0.39, 0.29) is 17.2 Å². The first-order chi connectivity index (χ1) is 18.5. The molecule has 0 fully saturated rings. The van der Waals surface area contributed by atoms with Crippen molar-refractivity contribution in [1.29, 1.82) is 0 Å². The van der Waals surface area contributed by atoms with Crippen molar-refractivity contribution in [2.24, 2.45) is 0 Å². The number of aromatic nitrogens is 3. The number of rotatable bonds is 2. The summed E-state index contributed by atoms with van der Waals surface area (Å²) in [6.07, 6.45) is 5.74. The lowest BCUT2D eigenvalue weighted by atomic mass is 9.95. The molecule has 0 aliphatic carbocycles. The summed E-state index contributed by atoms with van der Waals surface area (Å²) in [5.41, 5.74) is 8.19. The topological polar surface area (TPSA) is 108 Å². The minimum atomic E-state index is 0.204. The number of H-pyrrole nitrogens is 3. The Balaban J connectivity index is 1.41. The van der Waals surface area contributed by atoms with Crippen LogP contribution in [-0.4, -0.2) is 30.3 Å². The van der Waals surface area contributed by atoms with E-state index < -0.39 is 0 Å². The van der Waals surface area contributed by atoms with Gasteiger partial charge in [0, 0.05) is 80.7 Å². The van der Waals surface area contributed by atoms with Gasteiger partial charge in [0.1, 0.15) is 17.2 Å². The molecule has 0 radical (unpaired) electrons. The summed E-state index contributed by atoms with van der Waals surface area (Å²) in [7, 11) is 0. The molecule has 0 saturated carbocycles. The highest BCUT2D eigenvalue weighted by molar-refractivity contribution is 6.00. The van der Waals surface area contributed by atoms with Crippen molar-refractivity contribution >= 4 is 32.7 Å². The van der Waals surface area contributed by atoms with Crippen LogP contribution in [0.3, 0.4) is 0 Å². The van der Waals surface area contributed by atoms with E-state index in [9.17, 15) is 15.3 Å². The Labute approximate surface area is 216 Å². The lowest BCUT2D eigenvalue weighted by Gasteiger charge is -2.07. The molecule has 4 aromatic carbocycles. The lowest BCUT2D eigenvalue weighted by molar-refractivity contribution is 0.475. The number of aromatic hydroxyl groups is 3. The van der Waals surface area contributed by atoms with Gasteiger partial charge in [-0.15, -0.1) is 0 Å². The van der Waals surface area contributed by atoms with Crippen LogP contribution in [0, 0.1) is 11.8 Å². The Bertz CT molecular complexity index is 1980. The highest BCUT2D eigenvalue weighted by Crippen LogP contribution is 2.36. The minimum absolute atomic E-state index is 0.204. The molecule has 0 unspecified atom stereocenters. The number of nitrogens with one attached hydrogen (secondary N) is 3. The third kappa shape index (κ3) is 3.62. The van der Waals surface area contributed by atoms with Gasteiger partial charge < -0.3 is 30.3 Å². The van der Waals surface area contributed by atoms with Crippen LogP contribution in [0.4, 0.5) is 0 Å². The van der Waals surface area contributed by atoms with Crippen molar-refractivity contribution < 1.29 is 15.3 Å². The summed E-state index contributed by atoms with van der Waals surface area (Å²) in [5.74, 6) is 7.25. The van der Waals surface area contributed by atoms with Gasteiger partial charge in [0.2, 0.25) is 0 Å². The third-order valence-electron chi connectivity index (χ3n) is 6.89. The highest BCUT2D eigenvalue weighted by Gasteiger charge is 2.13. The Hall–Kier alpha value is -5.54. The van der Waals surface area contributed by atoms with Crippen LogP contribution in [0.25, 0.3) is 55.0 Å². The van der Waals surface area contributed by atoms with Gasteiger partial charge in [0.25, 0.3) is 0 Å². The van der Waals surface area contributed by atoms with E-state index in [4.69, 9.17) is 0 Å². The number of aromatic amines is 3. The Morgan fingerprint density at radius 1 is 0.474 bits per heavy atom. The molecule has 3 heterocycles. The van der Waals surface area contributed by atoms with E-state index >= 15 is 0 Å². The maximum atomic E-state index is 9.92. The van der Waals surface area contributed by atoms with Crippen LogP contribution in [0.2, 0.25) is 0 Å². The van der Waals surface area contributed by atoms with Crippen LogP contribution < -0.4 is 0 Å². The molecule has 7 rings (SSSR count). The molecule has 3 aromatic heterocycles. The van der Waals surface area contributed by atoms with E-state index in [1.807, 2.05) is 36.8 Å². The van der Waals surface area contributed by atoms with Gasteiger partial charge in [-0.2, -0.15) is 0 Å². The average molecular weight is 496 g/mol. The van der Waals surface area contributed by atoms with Crippen LogP contribution in [0.15, 0.2) is 91.4 Å². The second-order valence-corrected chi connectivity index (χ2v) is 9.35. The van der Waals surface area contributed by atoms with Gasteiger partial charge in [-0.1, -0.05) is 11.8 Å². The quantitative estimate of drug-likeness (QED) is 0.146. The Kier molecular flexibility index (Phi) is 4.72. The van der Waals surface area contributed by atoms with Crippen molar-refractivity contribution in [3.05, 3.63) is 103 Å². The first-order valence-electron chi connectivity index (χ1n) is 12.1. The smallest absolute Gasteiger partial charge is 0.117 e. The van der Waals surface area contributed by atoms with E-state index in [0.717, 1.165) is 66.1 Å². The number of fused-ring (bicyclic) bond motifs is 3. The Morgan fingerprint density at radius 3 is 1.50 bits per heavy atom. The van der Waals surface area contributed by atoms with Gasteiger partial charge >= 0.3 is 0 Å². The first-order valence-corrected chi connectivity index (χ1v) is 12.1. The van der Waals surface area contributed by atoms with Gasteiger partial charge in [-0.25, -0.2) is 0 Å². The van der Waals surface area contributed by atoms with Crippen LogP contribution in [0.1, 0.15) is 11.1 Å². The zero-order valence-electron chi connectivity index (χ0n) is 20.0. The van der Waals surface area contributed by atoms with Gasteiger partial charge in [0.05, 0.1) is 11.1 Å². The van der Waals surface area contributed by atoms with E-state index in [2.05, 4.69) is 45.0 Å². The largest absolute Gasteiger partial charge is 0.508 e. The molecule has 0 spiro atoms. The van der Waals surface area contributed by atoms with Gasteiger partial charge in [-0.05, 0) is 65.7 Å². The molecular weight excluding hydrogens is 474 g/mol. The van der Waals surface area contributed by atoms with Crippen LogP contribution >= 0.6 is 0 Å². The molecule has 0 bridgehead atoms. The molecule has 0 aliphatic rings. The summed E-state index contributed by atoms with van der Waals surface area (Å²) in [4.78, 5) is 9.69. The van der Waals surface area contributed by atoms with Crippen LogP contribution in [0.5, 0.6) is 17.2 Å². The molecule has 38 heavy (non-hydrogen) atoms. The molecule has 6 heteroatoms. The second-order valence-electron chi connectivity index (χ2n) is 9.35. The molecule has 7 aromatic rings. The normalized spacial score (nSPS) is 11.3. The Morgan fingerprint density at radius 2 is 0.947 bits per heavy atom. The lowest BCUT2D eigenvalue weighted by Crippen LogP contribution is -1.85. The number of hydrogen-bond donors (Lipinski definition) is 6. The zero-order valence-corrected chi connectivity index (χ0v) is 20.0. The first kappa shape index (κ1) is 21.7. The van der Waals surface area contributed by atoms with Crippen molar-refractivity contribution in [2.45, 2.75) is 0 Å². The molecular formula is C32H21N3O3. The molecule has 6 N–H and O–H groups in total. The second kappa shape index (κ2) is 8.26. The average Bonchev–Trinajstić information content (AvgIpc) is 3.63. The molecule has 0 atom stereocenters. The molecule has 0 aliphatic heterocycles. The van der Waals surface area contributed by atoms with E-state index in [0.29, 0.717) is 0 Å². The monoisotopic (exact) mass is 495 g/mol. The molecule has 0 saturated heterocycles. The van der Waals surface area contributed by atoms with Crippen molar-refractivity contribution in [3.8, 4) is 51.3 Å². The summed E-state index contributed by atoms with van der Waals surface area (Å²) < 4.78 is 0. The summed E-state index contributed by atoms with van der Waals surface area (Å²) in [6.45, 7) is 0. The summed E-state index contributed by atoms with van der Waals surface area (Å²) in [6, 6.07) is 22.1. The van der Waals surface area contributed by atoms with Gasteiger partial charge in [0.15, 0.2) is 0 Å². The predicted molar refractivity (Wildman–Crippen MR) is 150 cm³/mol. The zero-order chi connectivity index (χ0) is 25.8. The third-order valence-corrected chi connectivity index (χ3v) is 6.89. The molecule has 6 nitrogen and oxygen atoms in total. The number of phenolic OH excluding ortho intramolecular Hbond substituents is 3. The number of benzene rings is 4. The maximum Gasteiger partial charge on any atom is 0.117 e. The van der Waals surface area contributed by atoms with Crippen molar-refractivity contribution in [3.63, 3.8) is 0 Å². The standard InChI is InChI=1S/C32H21N3O3/c36-22-3-6-25-19(15-33-30(25)12-22)2-1-18-9-20(28-16-34-31-13-23(37)4-7-26(28)31)11-21(10-18)29-17-35-32-14-24(38)5-8-27(29)32/h3-17,33-38H. The minimum Gasteiger partial charge on any atom is -0.508 e. The van der Waals surface area contributed by atoms with E-state index in [1.165, 1.54) is 0 Å². The van der Waals surface area contributed by atoms with Crippen molar-refractivity contribution in [2.75, 3.05) is 0 Å². The number of hydrogen-bond acceptors (Lipinski definition) is 3. The maximum absolute atomic E-state index is 9.92. The summed E-state index contributed by atoms with van der Waals surface area (Å²) >= 11 is 0. The van der Waals surface area contributed by atoms with Crippen LogP contribution in [-0.2, 0) is 0 Å². The highest BCUT2D eigenvalue weighted by atomic mass is 16.3. The van der Waals surface area contributed by atoms with Crippen molar-refractivity contribution in [1.82, 2.24) is 15.0 Å². The molecule has 182 valence electrons. The number of phenols is 3. The fraction of sp³-hybridized carbons (Fsp3) is 0. The summed E-state index contributed by atoms with van der Waals surface area (Å²) in [5, 5.41) is 32.6. The fourth-order valence-corrected chi connectivity index (χ4v) is 5.07. The fourth-order valence-electron chi connectivity index (χ4n) is 5.07.